The number of nitrogens with one attached hydrogen (secondary N) is 1. The quantitative estimate of drug-likeness (QED) is 0.497. The van der Waals surface area contributed by atoms with Crippen molar-refractivity contribution in [1.29, 1.82) is 0 Å². The summed E-state index contributed by atoms with van der Waals surface area (Å²) in [5.41, 5.74) is 4.17. The van der Waals surface area contributed by atoms with E-state index in [2.05, 4.69) is 55.8 Å². The second-order valence-electron chi connectivity index (χ2n) is 9.29. The molecule has 0 aliphatic carbocycles. The molecule has 5 heterocycles. The molecule has 0 saturated carbocycles. The van der Waals surface area contributed by atoms with E-state index in [1.165, 1.54) is 5.56 Å². The Bertz CT molecular complexity index is 1280. The molecule has 2 saturated heterocycles. The molecule has 8 nitrogen and oxygen atoms in total. The maximum atomic E-state index is 13.1. The van der Waals surface area contributed by atoms with Gasteiger partial charge in [0.05, 0.1) is 31.3 Å². The van der Waals surface area contributed by atoms with Gasteiger partial charge < -0.3 is 19.2 Å². The lowest BCUT2D eigenvalue weighted by molar-refractivity contribution is -0.134. The van der Waals surface area contributed by atoms with Crippen LogP contribution in [0.3, 0.4) is 0 Å². The van der Waals surface area contributed by atoms with Gasteiger partial charge in [-0.25, -0.2) is 9.97 Å². The zero-order chi connectivity index (χ0) is 22.9. The van der Waals surface area contributed by atoms with E-state index in [1.807, 2.05) is 17.3 Å². The molecule has 8 heteroatoms. The average molecular weight is 459 g/mol. The van der Waals surface area contributed by atoms with Gasteiger partial charge in [-0.3, -0.25) is 9.69 Å². The maximum Gasteiger partial charge on any atom is 0.230 e. The van der Waals surface area contributed by atoms with Crippen molar-refractivity contribution in [2.75, 3.05) is 39.4 Å². The summed E-state index contributed by atoms with van der Waals surface area (Å²) in [5, 5.41) is 1.07. The van der Waals surface area contributed by atoms with Crippen LogP contribution >= 0.6 is 0 Å². The van der Waals surface area contributed by atoms with Gasteiger partial charge in [-0.05, 0) is 24.5 Å². The summed E-state index contributed by atoms with van der Waals surface area (Å²) in [6.45, 7) is 5.55. The van der Waals surface area contributed by atoms with E-state index in [1.54, 1.807) is 0 Å². The van der Waals surface area contributed by atoms with E-state index >= 15 is 0 Å². The van der Waals surface area contributed by atoms with Crippen molar-refractivity contribution in [1.82, 2.24) is 29.3 Å². The zero-order valence-corrected chi connectivity index (χ0v) is 19.3. The van der Waals surface area contributed by atoms with Crippen molar-refractivity contribution in [3.63, 3.8) is 0 Å². The molecule has 0 spiro atoms. The summed E-state index contributed by atoms with van der Waals surface area (Å²) in [6, 6.07) is 13.0. The molecule has 1 amide bonds. The minimum atomic E-state index is 0.125. The number of likely N-dealkylation sites (tertiary alicyclic amines) is 1. The molecule has 6 rings (SSSR count). The Hall–Kier alpha value is -3.23. The lowest BCUT2D eigenvalue weighted by atomic mass is 10.0. The van der Waals surface area contributed by atoms with Crippen molar-refractivity contribution in [3.05, 3.63) is 60.2 Å². The number of carbonyl (C=O) groups excluding carboxylic acids is 1. The minimum absolute atomic E-state index is 0.125. The molecular formula is C26H30N6O2. The van der Waals surface area contributed by atoms with Crippen LogP contribution in [0.25, 0.3) is 22.1 Å². The summed E-state index contributed by atoms with van der Waals surface area (Å²) >= 11 is 0. The third-order valence-corrected chi connectivity index (χ3v) is 7.15. The molecule has 2 aliphatic rings. The number of aromatic nitrogens is 4. The van der Waals surface area contributed by atoms with Gasteiger partial charge in [-0.1, -0.05) is 30.3 Å². The number of nitrogens with zero attached hydrogens (tertiary/aromatic N) is 5. The molecule has 0 bridgehead atoms. The number of imidazole rings is 1. The van der Waals surface area contributed by atoms with Crippen LogP contribution in [0.15, 0.2) is 48.8 Å². The van der Waals surface area contributed by atoms with Gasteiger partial charge in [0.15, 0.2) is 0 Å². The highest BCUT2D eigenvalue weighted by Gasteiger charge is 2.28. The Morgan fingerprint density at radius 1 is 1.06 bits per heavy atom. The lowest BCUT2D eigenvalue weighted by Crippen LogP contribution is -2.42. The van der Waals surface area contributed by atoms with E-state index in [9.17, 15) is 4.79 Å². The maximum absolute atomic E-state index is 13.1. The molecule has 1 aromatic carbocycles. The molecule has 3 aromatic heterocycles. The van der Waals surface area contributed by atoms with Gasteiger partial charge in [0, 0.05) is 50.3 Å². The van der Waals surface area contributed by atoms with Crippen molar-refractivity contribution < 1.29 is 9.53 Å². The van der Waals surface area contributed by atoms with Gasteiger partial charge in [0.25, 0.3) is 0 Å². The lowest BCUT2D eigenvalue weighted by Gasteiger charge is -2.34. The van der Waals surface area contributed by atoms with E-state index in [-0.39, 0.29) is 5.91 Å². The van der Waals surface area contributed by atoms with E-state index in [0.717, 1.165) is 60.4 Å². The summed E-state index contributed by atoms with van der Waals surface area (Å²) in [7, 11) is 0. The summed E-state index contributed by atoms with van der Waals surface area (Å²) < 4.78 is 7.78. The Morgan fingerprint density at radius 2 is 1.85 bits per heavy atom. The van der Waals surface area contributed by atoms with Gasteiger partial charge in [-0.15, -0.1) is 0 Å². The Labute approximate surface area is 198 Å². The molecule has 176 valence electrons. The van der Waals surface area contributed by atoms with Gasteiger partial charge in [-0.2, -0.15) is 0 Å². The number of pyridine rings is 1. The van der Waals surface area contributed by atoms with E-state index in [0.29, 0.717) is 38.8 Å². The largest absolute Gasteiger partial charge is 0.378 e. The topological polar surface area (TPSA) is 79.3 Å². The number of rotatable bonds is 5. The predicted molar refractivity (Wildman–Crippen MR) is 130 cm³/mol. The van der Waals surface area contributed by atoms with Crippen LogP contribution in [0.4, 0.5) is 0 Å². The Kier molecular flexibility index (Phi) is 5.76. The van der Waals surface area contributed by atoms with Crippen LogP contribution in [0.1, 0.15) is 30.3 Å². The first kappa shape index (κ1) is 21.3. The minimum Gasteiger partial charge on any atom is -0.378 e. The number of ether oxygens (including phenoxy) is 1. The number of hydrogen-bond acceptors (Lipinski definition) is 5. The fourth-order valence-corrected chi connectivity index (χ4v) is 5.40. The first-order chi connectivity index (χ1) is 16.8. The summed E-state index contributed by atoms with van der Waals surface area (Å²) in [4.78, 5) is 30.3. The highest BCUT2D eigenvalue weighted by molar-refractivity contribution is 6.01. The third kappa shape index (κ3) is 4.08. The third-order valence-electron chi connectivity index (χ3n) is 7.15. The smallest absolute Gasteiger partial charge is 0.230 e. The van der Waals surface area contributed by atoms with Crippen LogP contribution in [0, 0.1) is 0 Å². The highest BCUT2D eigenvalue weighted by atomic mass is 16.5. The number of fused-ring (bicyclic) bond motifs is 3. The highest BCUT2D eigenvalue weighted by Crippen LogP contribution is 2.33. The summed E-state index contributed by atoms with van der Waals surface area (Å²) in [5.74, 6) is 0.975. The molecule has 0 radical (unpaired) electrons. The van der Waals surface area contributed by atoms with Crippen molar-refractivity contribution in [3.8, 4) is 0 Å². The standard InChI is InChI=1S/C26H30N6O2/c33-24(31-12-14-34-15-13-31)16-23-29-22-17-28-26-21(6-9-27-26)25(22)32(23)20-7-10-30(11-8-20)18-19-4-2-1-3-5-19/h1-6,9,17,20H,7-8,10-16,18H2,(H,27,28). The molecule has 2 aliphatic heterocycles. The van der Waals surface area contributed by atoms with Gasteiger partial charge >= 0.3 is 0 Å². The first-order valence-corrected chi connectivity index (χ1v) is 12.2. The van der Waals surface area contributed by atoms with Crippen LogP contribution < -0.4 is 0 Å². The first-order valence-electron chi connectivity index (χ1n) is 12.2. The van der Waals surface area contributed by atoms with Crippen LogP contribution in [0.5, 0.6) is 0 Å². The van der Waals surface area contributed by atoms with Crippen molar-refractivity contribution in [2.45, 2.75) is 31.8 Å². The van der Waals surface area contributed by atoms with Gasteiger partial charge in [0.2, 0.25) is 5.91 Å². The zero-order valence-electron chi connectivity index (χ0n) is 19.3. The molecule has 4 aromatic rings. The van der Waals surface area contributed by atoms with Crippen molar-refractivity contribution in [2.24, 2.45) is 0 Å². The Morgan fingerprint density at radius 3 is 2.65 bits per heavy atom. The normalized spacial score (nSPS) is 18.2. The SMILES string of the molecule is O=C(Cc1nc2cnc3[nH]ccc3c2n1C1CCN(Cc2ccccc2)CC1)N1CCOCC1. The number of amides is 1. The number of piperidine rings is 1. The molecule has 2 fully saturated rings. The number of carbonyl (C=O) groups is 1. The fourth-order valence-electron chi connectivity index (χ4n) is 5.40. The number of benzene rings is 1. The molecule has 0 unspecified atom stereocenters. The number of hydrogen-bond donors (Lipinski definition) is 1. The van der Waals surface area contributed by atoms with Crippen LogP contribution in [0.2, 0.25) is 0 Å². The number of morpholine rings is 1. The Balaban J connectivity index is 1.29. The monoisotopic (exact) mass is 458 g/mol. The molecule has 34 heavy (non-hydrogen) atoms. The van der Waals surface area contributed by atoms with E-state index in [4.69, 9.17) is 9.72 Å². The second-order valence-corrected chi connectivity index (χ2v) is 9.29. The second kappa shape index (κ2) is 9.19. The van der Waals surface area contributed by atoms with E-state index < -0.39 is 0 Å². The molecular weight excluding hydrogens is 428 g/mol. The van der Waals surface area contributed by atoms with Crippen LogP contribution in [-0.2, 0) is 22.5 Å². The van der Waals surface area contributed by atoms with Crippen molar-refractivity contribution >= 4 is 28.0 Å². The van der Waals surface area contributed by atoms with Gasteiger partial charge in [0.1, 0.15) is 17.0 Å². The predicted octanol–water partition coefficient (Wildman–Crippen LogP) is 3.15. The van der Waals surface area contributed by atoms with Crippen LogP contribution in [-0.4, -0.2) is 74.6 Å². The summed E-state index contributed by atoms with van der Waals surface area (Å²) in [6.07, 6.45) is 6.13. The molecule has 0 atom stereocenters. The average Bonchev–Trinajstić information content (AvgIpc) is 3.50. The number of aromatic amines is 1. The molecule has 1 N–H and O–H groups in total. The fraction of sp³-hybridized carbons (Fsp3) is 0.423. The number of H-pyrrole nitrogens is 1.